The van der Waals surface area contributed by atoms with E-state index in [1.54, 1.807) is 12.1 Å². The van der Waals surface area contributed by atoms with Crippen molar-refractivity contribution in [2.24, 2.45) is 0 Å². The molecule has 1 aliphatic rings. The van der Waals surface area contributed by atoms with Crippen molar-refractivity contribution in [1.82, 2.24) is 15.5 Å². The number of ether oxygens (including phenoxy) is 1. The highest BCUT2D eigenvalue weighted by atomic mass is 79.9. The molecule has 2 N–H and O–H groups in total. The summed E-state index contributed by atoms with van der Waals surface area (Å²) in [6.07, 6.45) is 1.38. The lowest BCUT2D eigenvalue weighted by atomic mass is 10.1. The molecule has 7 heteroatoms. The average molecular weight is 388 g/mol. The Labute approximate surface area is 144 Å². The van der Waals surface area contributed by atoms with Crippen LogP contribution in [0.5, 0.6) is 0 Å². The van der Waals surface area contributed by atoms with Gasteiger partial charge in [-0.2, -0.15) is 0 Å². The predicted molar refractivity (Wildman–Crippen MR) is 91.1 cm³/mol. The van der Waals surface area contributed by atoms with Gasteiger partial charge in [0.1, 0.15) is 5.82 Å². The predicted octanol–water partition coefficient (Wildman–Crippen LogP) is 2.15. The third-order valence-electron chi connectivity index (χ3n) is 3.73. The number of hydrogen-bond acceptors (Lipinski definition) is 3. The molecule has 0 bridgehead atoms. The number of carbonyl (C=O) groups excluding carboxylic acids is 1. The van der Waals surface area contributed by atoms with Crippen molar-refractivity contribution in [1.29, 1.82) is 0 Å². The lowest BCUT2D eigenvalue weighted by Gasteiger charge is -2.26. The van der Waals surface area contributed by atoms with E-state index in [0.29, 0.717) is 25.1 Å². The number of rotatable bonds is 7. The smallest absolute Gasteiger partial charge is 0.314 e. The van der Waals surface area contributed by atoms with Crippen LogP contribution in [0.3, 0.4) is 0 Å². The van der Waals surface area contributed by atoms with Gasteiger partial charge in [0.25, 0.3) is 0 Å². The Morgan fingerprint density at radius 3 is 2.78 bits per heavy atom. The van der Waals surface area contributed by atoms with Gasteiger partial charge in [-0.05, 0) is 43.1 Å². The molecule has 1 aromatic rings. The highest BCUT2D eigenvalue weighted by molar-refractivity contribution is 9.10. The van der Waals surface area contributed by atoms with Gasteiger partial charge in [-0.25, -0.2) is 9.18 Å². The quantitative estimate of drug-likeness (QED) is 0.704. The van der Waals surface area contributed by atoms with Crippen molar-refractivity contribution in [3.05, 3.63) is 34.1 Å². The van der Waals surface area contributed by atoms with Crippen LogP contribution in [-0.4, -0.2) is 56.9 Å². The monoisotopic (exact) mass is 387 g/mol. The van der Waals surface area contributed by atoms with Crippen molar-refractivity contribution in [2.75, 3.05) is 45.9 Å². The Morgan fingerprint density at radius 2 is 2.00 bits per heavy atom. The Hall–Kier alpha value is -1.18. The van der Waals surface area contributed by atoms with E-state index >= 15 is 0 Å². The normalized spacial score (nSPS) is 15.4. The summed E-state index contributed by atoms with van der Waals surface area (Å²) in [7, 11) is 0. The molecule has 0 aliphatic carbocycles. The molecule has 1 fully saturated rings. The van der Waals surface area contributed by atoms with Gasteiger partial charge in [0, 0.05) is 30.7 Å². The summed E-state index contributed by atoms with van der Waals surface area (Å²) in [5, 5.41) is 5.57. The molecule has 0 unspecified atom stereocenters. The van der Waals surface area contributed by atoms with Gasteiger partial charge in [-0.1, -0.05) is 15.9 Å². The van der Waals surface area contributed by atoms with Gasteiger partial charge in [-0.15, -0.1) is 0 Å². The summed E-state index contributed by atoms with van der Waals surface area (Å²) in [6, 6.07) is 4.61. The Balaban J connectivity index is 1.55. The summed E-state index contributed by atoms with van der Waals surface area (Å²) >= 11 is 3.31. The third-order valence-corrected chi connectivity index (χ3v) is 4.22. The SMILES string of the molecule is O=C(NCCCN1CCOCC1)NCCc1cc(Br)ccc1F. The summed E-state index contributed by atoms with van der Waals surface area (Å²) in [6.45, 7) is 5.51. The molecule has 1 saturated heterocycles. The molecular formula is C16H23BrFN3O2. The molecule has 128 valence electrons. The van der Waals surface area contributed by atoms with Crippen molar-refractivity contribution in [3.8, 4) is 0 Å². The molecule has 1 heterocycles. The maximum atomic E-state index is 13.6. The number of carbonyl (C=O) groups is 1. The molecule has 1 aliphatic heterocycles. The van der Waals surface area contributed by atoms with E-state index < -0.39 is 0 Å². The highest BCUT2D eigenvalue weighted by Crippen LogP contribution is 2.15. The number of amides is 2. The minimum Gasteiger partial charge on any atom is -0.379 e. The zero-order valence-corrected chi connectivity index (χ0v) is 14.7. The summed E-state index contributed by atoms with van der Waals surface area (Å²) in [4.78, 5) is 14.0. The van der Waals surface area contributed by atoms with Crippen LogP contribution in [0.25, 0.3) is 0 Å². The summed E-state index contributed by atoms with van der Waals surface area (Å²) in [5.41, 5.74) is 0.590. The second-order valence-corrected chi connectivity index (χ2v) is 6.39. The van der Waals surface area contributed by atoms with Crippen molar-refractivity contribution in [2.45, 2.75) is 12.8 Å². The van der Waals surface area contributed by atoms with E-state index in [2.05, 4.69) is 31.5 Å². The van der Waals surface area contributed by atoms with Gasteiger partial charge in [0.2, 0.25) is 0 Å². The number of urea groups is 1. The van der Waals surface area contributed by atoms with Crippen molar-refractivity contribution in [3.63, 3.8) is 0 Å². The topological polar surface area (TPSA) is 53.6 Å². The highest BCUT2D eigenvalue weighted by Gasteiger charge is 2.09. The van der Waals surface area contributed by atoms with Crippen LogP contribution >= 0.6 is 15.9 Å². The maximum Gasteiger partial charge on any atom is 0.314 e. The van der Waals surface area contributed by atoms with E-state index in [1.807, 2.05) is 0 Å². The molecular weight excluding hydrogens is 365 g/mol. The number of nitrogens with one attached hydrogen (secondary N) is 2. The van der Waals surface area contributed by atoms with Crippen LogP contribution in [0.4, 0.5) is 9.18 Å². The summed E-state index contributed by atoms with van der Waals surface area (Å²) in [5.74, 6) is -0.249. The second-order valence-electron chi connectivity index (χ2n) is 5.48. The molecule has 1 aromatic carbocycles. The maximum absolute atomic E-state index is 13.6. The number of nitrogens with zero attached hydrogens (tertiary/aromatic N) is 1. The van der Waals surface area contributed by atoms with E-state index in [1.165, 1.54) is 6.07 Å². The second kappa shape index (κ2) is 9.85. The van der Waals surface area contributed by atoms with Crippen molar-refractivity contribution >= 4 is 22.0 Å². The van der Waals surface area contributed by atoms with E-state index in [4.69, 9.17) is 4.74 Å². The number of halogens is 2. The van der Waals surface area contributed by atoms with Gasteiger partial charge in [-0.3, -0.25) is 4.90 Å². The lowest BCUT2D eigenvalue weighted by molar-refractivity contribution is 0.0375. The number of morpholine rings is 1. The first-order valence-corrected chi connectivity index (χ1v) is 8.70. The first kappa shape index (κ1) is 18.2. The number of hydrogen-bond donors (Lipinski definition) is 2. The molecule has 0 radical (unpaired) electrons. The molecule has 5 nitrogen and oxygen atoms in total. The van der Waals surface area contributed by atoms with Gasteiger partial charge in [0.05, 0.1) is 13.2 Å². The lowest BCUT2D eigenvalue weighted by Crippen LogP contribution is -2.40. The van der Waals surface area contributed by atoms with E-state index in [9.17, 15) is 9.18 Å². The fourth-order valence-electron chi connectivity index (χ4n) is 2.44. The van der Waals surface area contributed by atoms with Crippen LogP contribution in [0, 0.1) is 5.82 Å². The molecule has 0 saturated carbocycles. The van der Waals surface area contributed by atoms with Crippen molar-refractivity contribution < 1.29 is 13.9 Å². The minimum atomic E-state index is -0.249. The van der Waals surface area contributed by atoms with E-state index in [0.717, 1.165) is 43.7 Å². The van der Waals surface area contributed by atoms with Gasteiger partial charge in [0.15, 0.2) is 0 Å². The standard InChI is InChI=1S/C16H23BrFN3O2/c17-14-2-3-15(18)13(12-14)4-6-20-16(22)19-5-1-7-21-8-10-23-11-9-21/h2-3,12H,1,4-11H2,(H2,19,20,22). The molecule has 23 heavy (non-hydrogen) atoms. The summed E-state index contributed by atoms with van der Waals surface area (Å²) < 4.78 is 19.7. The zero-order valence-electron chi connectivity index (χ0n) is 13.1. The average Bonchev–Trinajstić information content (AvgIpc) is 2.56. The molecule has 0 atom stereocenters. The Kier molecular flexibility index (Phi) is 7.78. The number of benzene rings is 1. The Morgan fingerprint density at radius 1 is 1.26 bits per heavy atom. The first-order chi connectivity index (χ1) is 11.1. The minimum absolute atomic E-state index is 0.206. The fourth-order valence-corrected chi connectivity index (χ4v) is 2.85. The fraction of sp³-hybridized carbons (Fsp3) is 0.562. The van der Waals surface area contributed by atoms with Crippen LogP contribution in [0.15, 0.2) is 22.7 Å². The van der Waals surface area contributed by atoms with Crippen LogP contribution in [-0.2, 0) is 11.2 Å². The van der Waals surface area contributed by atoms with Crippen LogP contribution in [0.2, 0.25) is 0 Å². The van der Waals surface area contributed by atoms with Crippen LogP contribution in [0.1, 0.15) is 12.0 Å². The third kappa shape index (κ3) is 6.85. The molecule has 2 amide bonds. The van der Waals surface area contributed by atoms with Crippen LogP contribution < -0.4 is 10.6 Å². The van der Waals surface area contributed by atoms with Gasteiger partial charge < -0.3 is 15.4 Å². The molecule has 0 aromatic heterocycles. The first-order valence-electron chi connectivity index (χ1n) is 7.91. The molecule has 2 rings (SSSR count). The zero-order chi connectivity index (χ0) is 16.5. The van der Waals surface area contributed by atoms with E-state index in [-0.39, 0.29) is 11.8 Å². The Bertz CT molecular complexity index is 510. The largest absolute Gasteiger partial charge is 0.379 e. The molecule has 0 spiro atoms. The van der Waals surface area contributed by atoms with Gasteiger partial charge >= 0.3 is 6.03 Å².